The third-order valence-electron chi connectivity index (χ3n) is 3.07. The monoisotopic (exact) mass is 298 g/mol. The molecule has 0 unspecified atom stereocenters. The summed E-state index contributed by atoms with van der Waals surface area (Å²) in [7, 11) is 0. The van der Waals surface area contributed by atoms with E-state index in [9.17, 15) is 18.4 Å². The molecule has 0 saturated carbocycles. The van der Waals surface area contributed by atoms with Crippen LogP contribution in [0.4, 0.5) is 8.78 Å². The third-order valence-corrected chi connectivity index (χ3v) is 3.07. The van der Waals surface area contributed by atoms with Gasteiger partial charge in [0.05, 0.1) is 12.2 Å². The Balaban J connectivity index is 2.21. The molecule has 0 bridgehead atoms. The van der Waals surface area contributed by atoms with Gasteiger partial charge < -0.3 is 4.74 Å². The predicted octanol–water partition coefficient (Wildman–Crippen LogP) is 4.05. The van der Waals surface area contributed by atoms with Crippen molar-refractivity contribution in [3.8, 4) is 0 Å². The number of hydrogen-bond donors (Lipinski definition) is 0. The molecule has 0 aliphatic carbocycles. The van der Waals surface area contributed by atoms with Gasteiger partial charge in [-0.1, -0.05) is 12.8 Å². The number of halogens is 2. The maximum absolute atomic E-state index is 13.4. The fourth-order valence-electron chi connectivity index (χ4n) is 1.99. The number of unbranched alkanes of at least 4 members (excludes halogenated alkanes) is 3. The average molecular weight is 298 g/mol. The Kier molecular flexibility index (Phi) is 7.58. The van der Waals surface area contributed by atoms with E-state index in [0.717, 1.165) is 25.3 Å². The van der Waals surface area contributed by atoms with Gasteiger partial charge in [-0.25, -0.2) is 8.78 Å². The van der Waals surface area contributed by atoms with E-state index in [-0.39, 0.29) is 23.7 Å². The van der Waals surface area contributed by atoms with E-state index in [4.69, 9.17) is 4.74 Å². The smallest absolute Gasteiger partial charge is 0.305 e. The molecule has 1 rings (SSSR count). The minimum absolute atomic E-state index is 0.0667. The van der Waals surface area contributed by atoms with Crippen LogP contribution in [0.5, 0.6) is 0 Å². The number of ketones is 1. The first-order valence-electron chi connectivity index (χ1n) is 7.18. The van der Waals surface area contributed by atoms with Crippen molar-refractivity contribution in [3.63, 3.8) is 0 Å². The van der Waals surface area contributed by atoms with Crippen LogP contribution in [0.25, 0.3) is 0 Å². The highest BCUT2D eigenvalue weighted by molar-refractivity contribution is 5.96. The van der Waals surface area contributed by atoms with Crippen LogP contribution in [0.15, 0.2) is 18.2 Å². The number of Topliss-reactive ketones (excluding diaryl/α,β-unsaturated/α-hetero) is 1. The molecule has 0 saturated heterocycles. The summed E-state index contributed by atoms with van der Waals surface area (Å²) in [5.41, 5.74) is -0.0667. The number of rotatable bonds is 9. The van der Waals surface area contributed by atoms with Crippen molar-refractivity contribution in [3.05, 3.63) is 35.4 Å². The van der Waals surface area contributed by atoms with Crippen LogP contribution < -0.4 is 0 Å². The van der Waals surface area contributed by atoms with E-state index in [0.29, 0.717) is 25.5 Å². The van der Waals surface area contributed by atoms with Crippen LogP contribution in [0.2, 0.25) is 0 Å². The molecule has 0 fully saturated rings. The van der Waals surface area contributed by atoms with Crippen LogP contribution in [-0.4, -0.2) is 18.4 Å². The third kappa shape index (κ3) is 6.47. The summed E-state index contributed by atoms with van der Waals surface area (Å²) in [6.07, 6.45) is 3.55. The maximum Gasteiger partial charge on any atom is 0.305 e. The van der Waals surface area contributed by atoms with Gasteiger partial charge in [0.1, 0.15) is 11.6 Å². The van der Waals surface area contributed by atoms with Gasteiger partial charge in [-0.15, -0.1) is 0 Å². The first kappa shape index (κ1) is 17.3. The summed E-state index contributed by atoms with van der Waals surface area (Å²) in [6.45, 7) is 2.15. The van der Waals surface area contributed by atoms with Crippen molar-refractivity contribution in [2.45, 2.75) is 45.4 Å². The zero-order valence-corrected chi connectivity index (χ0v) is 12.2. The maximum atomic E-state index is 13.4. The molecule has 1 aromatic carbocycles. The number of ether oxygens (including phenoxy) is 1. The van der Waals surface area contributed by atoms with Crippen molar-refractivity contribution in [1.82, 2.24) is 0 Å². The van der Waals surface area contributed by atoms with Gasteiger partial charge in [-0.3, -0.25) is 9.59 Å². The molecule has 116 valence electrons. The summed E-state index contributed by atoms with van der Waals surface area (Å²) in [6, 6.07) is 2.97. The number of benzene rings is 1. The van der Waals surface area contributed by atoms with Crippen LogP contribution in [0, 0.1) is 11.6 Å². The molecular weight excluding hydrogens is 278 g/mol. The van der Waals surface area contributed by atoms with Gasteiger partial charge in [-0.2, -0.15) is 0 Å². The molecule has 5 heteroatoms. The molecule has 3 nitrogen and oxygen atoms in total. The van der Waals surface area contributed by atoms with Crippen molar-refractivity contribution in [1.29, 1.82) is 0 Å². The Bertz CT molecular complexity index is 486. The van der Waals surface area contributed by atoms with Crippen LogP contribution in [0.1, 0.15) is 55.8 Å². The highest BCUT2D eigenvalue weighted by Crippen LogP contribution is 2.14. The Labute approximate surface area is 123 Å². The Morgan fingerprint density at radius 2 is 1.71 bits per heavy atom. The second-order valence-electron chi connectivity index (χ2n) is 4.77. The van der Waals surface area contributed by atoms with E-state index < -0.39 is 11.6 Å². The molecule has 0 amide bonds. The zero-order valence-electron chi connectivity index (χ0n) is 12.2. The minimum atomic E-state index is -0.817. The van der Waals surface area contributed by atoms with Gasteiger partial charge in [-0.05, 0) is 31.9 Å². The Morgan fingerprint density at radius 1 is 1.05 bits per heavy atom. The molecule has 0 N–H and O–H groups in total. The summed E-state index contributed by atoms with van der Waals surface area (Å²) in [5, 5.41) is 0. The van der Waals surface area contributed by atoms with Crippen LogP contribution in [-0.2, 0) is 9.53 Å². The van der Waals surface area contributed by atoms with E-state index in [1.807, 2.05) is 0 Å². The zero-order chi connectivity index (χ0) is 15.7. The SMILES string of the molecule is CCOC(=O)CCCCCCC(=O)c1ccc(F)cc1F. The average Bonchev–Trinajstić information content (AvgIpc) is 2.42. The molecule has 21 heavy (non-hydrogen) atoms. The first-order chi connectivity index (χ1) is 10.0. The van der Waals surface area contributed by atoms with Crippen molar-refractivity contribution in [2.24, 2.45) is 0 Å². The number of esters is 1. The normalized spacial score (nSPS) is 10.4. The van der Waals surface area contributed by atoms with E-state index in [1.165, 1.54) is 6.07 Å². The van der Waals surface area contributed by atoms with Crippen LogP contribution >= 0.6 is 0 Å². The summed E-state index contributed by atoms with van der Waals surface area (Å²) >= 11 is 0. The lowest BCUT2D eigenvalue weighted by atomic mass is 10.0. The minimum Gasteiger partial charge on any atom is -0.466 e. The number of carbonyl (C=O) groups excluding carboxylic acids is 2. The lowest BCUT2D eigenvalue weighted by Gasteiger charge is -2.04. The van der Waals surface area contributed by atoms with Gasteiger partial charge in [0.15, 0.2) is 5.78 Å². The molecule has 1 aromatic rings. The summed E-state index contributed by atoms with van der Waals surface area (Å²) in [4.78, 5) is 22.9. The predicted molar refractivity (Wildman–Crippen MR) is 75.0 cm³/mol. The van der Waals surface area contributed by atoms with E-state index in [2.05, 4.69) is 0 Å². The van der Waals surface area contributed by atoms with Gasteiger partial charge in [0.25, 0.3) is 0 Å². The molecular formula is C16H20F2O3. The van der Waals surface area contributed by atoms with Crippen molar-refractivity contribution in [2.75, 3.05) is 6.61 Å². The molecule has 0 spiro atoms. The van der Waals surface area contributed by atoms with Crippen LogP contribution in [0.3, 0.4) is 0 Å². The van der Waals surface area contributed by atoms with Gasteiger partial charge in [0.2, 0.25) is 0 Å². The summed E-state index contributed by atoms with van der Waals surface area (Å²) < 4.78 is 30.9. The highest BCUT2D eigenvalue weighted by atomic mass is 19.1. The fraction of sp³-hybridized carbons (Fsp3) is 0.500. The molecule has 0 aliphatic rings. The van der Waals surface area contributed by atoms with E-state index >= 15 is 0 Å². The summed E-state index contributed by atoms with van der Waals surface area (Å²) in [5.74, 6) is -2.04. The van der Waals surface area contributed by atoms with Crippen molar-refractivity contribution < 1.29 is 23.1 Å². The van der Waals surface area contributed by atoms with Gasteiger partial charge in [0, 0.05) is 18.9 Å². The standard InChI is InChI=1S/C16H20F2O3/c1-2-21-16(20)8-6-4-3-5-7-15(19)13-10-9-12(17)11-14(13)18/h9-11H,2-8H2,1H3. The quantitative estimate of drug-likeness (QED) is 0.392. The number of hydrogen-bond acceptors (Lipinski definition) is 3. The lowest BCUT2D eigenvalue weighted by molar-refractivity contribution is -0.143. The second-order valence-corrected chi connectivity index (χ2v) is 4.77. The van der Waals surface area contributed by atoms with E-state index in [1.54, 1.807) is 6.92 Å². The lowest BCUT2D eigenvalue weighted by Crippen LogP contribution is -2.04. The Hall–Kier alpha value is -1.78. The molecule has 0 aromatic heterocycles. The molecule has 0 aliphatic heterocycles. The van der Waals surface area contributed by atoms with Gasteiger partial charge >= 0.3 is 5.97 Å². The molecule has 0 atom stereocenters. The molecule has 0 radical (unpaired) electrons. The molecule has 0 heterocycles. The second kappa shape index (κ2) is 9.21. The first-order valence-corrected chi connectivity index (χ1v) is 7.18. The highest BCUT2D eigenvalue weighted by Gasteiger charge is 2.12. The Morgan fingerprint density at radius 3 is 2.33 bits per heavy atom. The number of carbonyl (C=O) groups is 2. The topological polar surface area (TPSA) is 43.4 Å². The van der Waals surface area contributed by atoms with Crippen molar-refractivity contribution >= 4 is 11.8 Å². The fourth-order valence-corrected chi connectivity index (χ4v) is 1.99. The largest absolute Gasteiger partial charge is 0.466 e.